The highest BCUT2D eigenvalue weighted by atomic mass is 35.5. The lowest BCUT2D eigenvalue weighted by molar-refractivity contribution is -0.206. The van der Waals surface area contributed by atoms with Gasteiger partial charge in [-0.05, 0) is 65.0 Å². The number of alkyl halides is 2. The minimum atomic E-state index is -2.20. The Morgan fingerprint density at radius 1 is 1.21 bits per heavy atom. The van der Waals surface area contributed by atoms with E-state index in [1.165, 1.54) is 12.2 Å². The summed E-state index contributed by atoms with van der Waals surface area (Å²) in [5.41, 5.74) is -6.32. The summed E-state index contributed by atoms with van der Waals surface area (Å²) < 4.78 is 23.3. The van der Waals surface area contributed by atoms with E-state index in [4.69, 9.17) is 16.3 Å². The average molecular weight is 493 g/mol. The normalized spacial score (nSPS) is 43.5. The number of allylic oxidation sites excluding steroid dienone is 4. The summed E-state index contributed by atoms with van der Waals surface area (Å²) in [6.45, 7) is 10.5. The second-order valence-electron chi connectivity index (χ2n) is 12.2. The molecule has 0 saturated heterocycles. The minimum absolute atomic E-state index is 0.196. The van der Waals surface area contributed by atoms with Crippen molar-refractivity contribution in [2.45, 2.75) is 78.5 Å². The van der Waals surface area contributed by atoms with Gasteiger partial charge in [0.05, 0.1) is 11.3 Å². The van der Waals surface area contributed by atoms with Crippen LogP contribution in [0.25, 0.3) is 0 Å². The third-order valence-electron chi connectivity index (χ3n) is 9.35. The molecule has 4 aliphatic carbocycles. The molecule has 34 heavy (non-hydrogen) atoms. The van der Waals surface area contributed by atoms with Gasteiger partial charge in [-0.2, -0.15) is 0 Å². The second kappa shape index (κ2) is 7.59. The van der Waals surface area contributed by atoms with Gasteiger partial charge in [0.15, 0.2) is 28.6 Å². The van der Waals surface area contributed by atoms with Crippen LogP contribution in [0.3, 0.4) is 0 Å². The molecule has 0 spiro atoms. The number of rotatable bonds is 3. The van der Waals surface area contributed by atoms with Gasteiger partial charge in [-0.3, -0.25) is 19.2 Å². The fourth-order valence-corrected chi connectivity index (χ4v) is 7.72. The van der Waals surface area contributed by atoms with Crippen LogP contribution in [-0.2, 0) is 23.9 Å². The molecule has 0 amide bonds. The summed E-state index contributed by atoms with van der Waals surface area (Å²) in [5.74, 6) is -3.60. The Kier molecular flexibility index (Phi) is 5.64. The van der Waals surface area contributed by atoms with Gasteiger partial charge >= 0.3 is 5.97 Å². The number of hydrogen-bond acceptors (Lipinski definition) is 5. The molecule has 0 aliphatic heterocycles. The van der Waals surface area contributed by atoms with Crippen molar-refractivity contribution in [3.63, 3.8) is 0 Å². The summed E-state index contributed by atoms with van der Waals surface area (Å²) in [6.07, 6.45) is 5.44. The molecule has 4 rings (SSSR count). The van der Waals surface area contributed by atoms with Crippen LogP contribution in [0.5, 0.6) is 0 Å². The van der Waals surface area contributed by atoms with Crippen LogP contribution in [0.15, 0.2) is 23.8 Å². The lowest BCUT2D eigenvalue weighted by atomic mass is 9.45. The Morgan fingerprint density at radius 2 is 1.85 bits per heavy atom. The number of hydrogen-bond donors (Lipinski definition) is 0. The zero-order valence-electron chi connectivity index (χ0n) is 20.8. The maximum absolute atomic E-state index is 17.2. The number of ether oxygens (including phenoxy) is 1. The molecule has 0 aromatic heterocycles. The van der Waals surface area contributed by atoms with Gasteiger partial charge in [0.25, 0.3) is 0 Å². The number of Topliss-reactive ketones (excluding diaryl/α,β-unsaturated/α-hetero) is 2. The van der Waals surface area contributed by atoms with Gasteiger partial charge in [0, 0.05) is 29.1 Å². The van der Waals surface area contributed by atoms with Crippen molar-refractivity contribution in [2.24, 2.45) is 34.0 Å². The Bertz CT molecular complexity index is 1040. The maximum Gasteiger partial charge on any atom is 0.312 e. The zero-order chi connectivity index (χ0) is 25.5. The van der Waals surface area contributed by atoms with E-state index in [0.717, 1.165) is 0 Å². The highest BCUT2D eigenvalue weighted by Crippen LogP contribution is 2.70. The van der Waals surface area contributed by atoms with Gasteiger partial charge in [-0.25, -0.2) is 4.39 Å². The molecule has 0 N–H and O–H groups in total. The minimum Gasteiger partial charge on any atom is -0.450 e. The van der Waals surface area contributed by atoms with Crippen LogP contribution in [0.4, 0.5) is 4.39 Å². The quantitative estimate of drug-likeness (QED) is 0.411. The number of halogens is 2. The standard InChI is InChI=1S/C27H34ClFO5/c1-15-11-19-18-8-7-16-12-17(30)9-10-24(16,5)26(18,29)20(31)13-25(19,6)27(15,21(32)14-28)34-22(33)23(2,3)4/h9-10,12,15,18-19H,7-8,11,13-14H2,1-6H3/t15-,18-,19-,24-,25-,26-,27-/m0/s1. The van der Waals surface area contributed by atoms with Gasteiger partial charge < -0.3 is 4.74 Å². The van der Waals surface area contributed by atoms with Crippen molar-refractivity contribution in [3.8, 4) is 0 Å². The van der Waals surface area contributed by atoms with Crippen molar-refractivity contribution in [1.29, 1.82) is 0 Å². The number of carbonyl (C=O) groups excluding carboxylic acids is 4. The van der Waals surface area contributed by atoms with Crippen LogP contribution >= 0.6 is 11.6 Å². The molecule has 0 heterocycles. The first-order chi connectivity index (χ1) is 15.6. The topological polar surface area (TPSA) is 77.5 Å². The van der Waals surface area contributed by atoms with Crippen LogP contribution in [-0.4, -0.2) is 40.5 Å². The molecule has 4 aliphatic rings. The zero-order valence-corrected chi connectivity index (χ0v) is 21.6. The summed E-state index contributed by atoms with van der Waals surface area (Å²) >= 11 is 6.06. The summed E-state index contributed by atoms with van der Waals surface area (Å²) in [6, 6.07) is 0. The average Bonchev–Trinajstić information content (AvgIpc) is 2.96. The van der Waals surface area contributed by atoms with E-state index in [0.29, 0.717) is 24.8 Å². The molecule has 0 aromatic carbocycles. The Morgan fingerprint density at radius 3 is 2.44 bits per heavy atom. The van der Waals surface area contributed by atoms with E-state index in [9.17, 15) is 19.2 Å². The Balaban J connectivity index is 1.86. The smallest absolute Gasteiger partial charge is 0.312 e. The largest absolute Gasteiger partial charge is 0.450 e. The summed E-state index contributed by atoms with van der Waals surface area (Å²) in [5, 5.41) is 0. The number of esters is 1. The van der Waals surface area contributed by atoms with E-state index in [2.05, 4.69) is 0 Å². The molecule has 0 aromatic rings. The van der Waals surface area contributed by atoms with Crippen molar-refractivity contribution < 1.29 is 28.3 Å². The van der Waals surface area contributed by atoms with Crippen molar-refractivity contribution in [2.75, 3.05) is 5.88 Å². The molecule has 186 valence electrons. The molecular formula is C27H34ClFO5. The lowest BCUT2D eigenvalue weighted by Crippen LogP contribution is -2.68. The molecule has 7 atom stereocenters. The third kappa shape index (κ3) is 2.96. The number of ketones is 3. The van der Waals surface area contributed by atoms with E-state index >= 15 is 4.39 Å². The van der Waals surface area contributed by atoms with E-state index in [1.54, 1.807) is 40.7 Å². The molecule has 3 fully saturated rings. The number of fused-ring (bicyclic) bond motifs is 5. The molecule has 0 radical (unpaired) electrons. The third-order valence-corrected chi connectivity index (χ3v) is 9.59. The van der Waals surface area contributed by atoms with Crippen molar-refractivity contribution in [3.05, 3.63) is 23.8 Å². The van der Waals surface area contributed by atoms with E-state index in [1.807, 2.05) is 6.92 Å². The Hall–Kier alpha value is -1.82. The van der Waals surface area contributed by atoms with Crippen LogP contribution in [0, 0.1) is 34.0 Å². The first-order valence-electron chi connectivity index (χ1n) is 12.1. The predicted octanol–water partition coefficient (Wildman–Crippen LogP) is 4.95. The molecular weight excluding hydrogens is 459 g/mol. The highest BCUT2D eigenvalue weighted by Gasteiger charge is 2.77. The van der Waals surface area contributed by atoms with Crippen LogP contribution in [0.1, 0.15) is 67.2 Å². The fourth-order valence-electron chi connectivity index (χ4n) is 7.53. The summed E-state index contributed by atoms with van der Waals surface area (Å²) in [4.78, 5) is 52.4. The number of carbonyl (C=O) groups is 4. The lowest BCUT2D eigenvalue weighted by Gasteiger charge is -2.60. The van der Waals surface area contributed by atoms with E-state index < -0.39 is 56.9 Å². The van der Waals surface area contributed by atoms with Gasteiger partial charge in [-0.1, -0.05) is 25.5 Å². The molecule has 5 nitrogen and oxygen atoms in total. The SMILES string of the molecule is C[C@H]1C[C@H]2[C@@H]3CCC4=CC(=O)C=C[C@]4(C)[C@@]3(F)C(=O)C[C@]2(C)[C@@]1(OC(=O)C(C)(C)C)C(=O)CCl. The first kappa shape index (κ1) is 25.3. The van der Waals surface area contributed by atoms with Gasteiger partial charge in [0.1, 0.15) is 0 Å². The maximum atomic E-state index is 17.2. The van der Waals surface area contributed by atoms with Crippen LogP contribution in [0.2, 0.25) is 0 Å². The summed E-state index contributed by atoms with van der Waals surface area (Å²) in [7, 11) is 0. The monoisotopic (exact) mass is 492 g/mol. The van der Waals surface area contributed by atoms with Crippen LogP contribution < -0.4 is 0 Å². The molecule has 0 bridgehead atoms. The first-order valence-corrected chi connectivity index (χ1v) is 12.6. The Labute approximate surface area is 205 Å². The van der Waals surface area contributed by atoms with Crippen molar-refractivity contribution in [1.82, 2.24) is 0 Å². The highest BCUT2D eigenvalue weighted by molar-refractivity contribution is 6.29. The molecule has 3 saturated carbocycles. The fraction of sp³-hybridized carbons (Fsp3) is 0.704. The molecule has 7 heteroatoms. The molecule has 0 unspecified atom stereocenters. The van der Waals surface area contributed by atoms with Crippen molar-refractivity contribution >= 4 is 34.9 Å². The second-order valence-corrected chi connectivity index (χ2v) is 12.4. The predicted molar refractivity (Wildman–Crippen MR) is 126 cm³/mol. The van der Waals surface area contributed by atoms with Gasteiger partial charge in [-0.15, -0.1) is 11.6 Å². The van der Waals surface area contributed by atoms with E-state index in [-0.39, 0.29) is 24.0 Å². The van der Waals surface area contributed by atoms with Gasteiger partial charge in [0.2, 0.25) is 0 Å².